The van der Waals surface area contributed by atoms with E-state index >= 15 is 0 Å². The lowest BCUT2D eigenvalue weighted by Crippen LogP contribution is -2.17. The molecule has 62 valence electrons. The van der Waals surface area contributed by atoms with Crippen LogP contribution in [0.2, 0.25) is 0 Å². The summed E-state index contributed by atoms with van der Waals surface area (Å²) in [5.74, 6) is -1.07. The standard InChI is InChI=1S/C9H9NO2/c1-3-5-6-7(4-2)10-9(12)8(6)11/h3-5H,1H2,2H3,(H,10,12)/b6-5+,7-4+. The first kappa shape index (κ1) is 8.46. The molecule has 0 bridgehead atoms. The average molecular weight is 163 g/mol. The number of nitrogens with one attached hydrogen (secondary N) is 1. The van der Waals surface area contributed by atoms with Crippen molar-refractivity contribution in [3.05, 3.63) is 36.1 Å². The maximum absolute atomic E-state index is 11.1. The molecule has 0 spiro atoms. The van der Waals surface area contributed by atoms with Crippen molar-refractivity contribution in [2.75, 3.05) is 0 Å². The van der Waals surface area contributed by atoms with Gasteiger partial charge in [-0.15, -0.1) is 0 Å². The lowest BCUT2D eigenvalue weighted by atomic mass is 10.1. The first-order valence-electron chi connectivity index (χ1n) is 3.55. The zero-order valence-corrected chi connectivity index (χ0v) is 6.76. The van der Waals surface area contributed by atoms with E-state index in [0.29, 0.717) is 11.3 Å². The number of Topliss-reactive ketones (excluding diaryl/α,β-unsaturated/α-hetero) is 1. The summed E-state index contributed by atoms with van der Waals surface area (Å²) in [7, 11) is 0. The highest BCUT2D eigenvalue weighted by Gasteiger charge is 2.29. The van der Waals surface area contributed by atoms with Crippen molar-refractivity contribution in [2.24, 2.45) is 0 Å². The molecule has 1 heterocycles. The highest BCUT2D eigenvalue weighted by atomic mass is 16.2. The smallest absolute Gasteiger partial charge is 0.296 e. The van der Waals surface area contributed by atoms with Gasteiger partial charge in [0.05, 0.1) is 5.57 Å². The highest BCUT2D eigenvalue weighted by Crippen LogP contribution is 2.15. The van der Waals surface area contributed by atoms with Crippen LogP contribution >= 0.6 is 0 Å². The number of hydrogen-bond donors (Lipinski definition) is 1. The van der Waals surface area contributed by atoms with E-state index < -0.39 is 11.7 Å². The minimum Gasteiger partial charge on any atom is -0.319 e. The molecule has 0 unspecified atom stereocenters. The number of allylic oxidation sites excluding steroid dienone is 4. The minimum atomic E-state index is -0.573. The molecular formula is C9H9NO2. The number of rotatable bonds is 1. The third kappa shape index (κ3) is 1.21. The highest BCUT2D eigenvalue weighted by molar-refractivity contribution is 6.47. The molecule has 3 nitrogen and oxygen atoms in total. The molecule has 0 radical (unpaired) electrons. The Labute approximate surface area is 70.5 Å². The Morgan fingerprint density at radius 2 is 2.08 bits per heavy atom. The summed E-state index contributed by atoms with van der Waals surface area (Å²) >= 11 is 0. The van der Waals surface area contributed by atoms with Crippen LogP contribution in [-0.4, -0.2) is 11.7 Å². The predicted molar refractivity (Wildman–Crippen MR) is 45.2 cm³/mol. The van der Waals surface area contributed by atoms with Gasteiger partial charge >= 0.3 is 0 Å². The molecule has 1 amide bonds. The average Bonchev–Trinajstić information content (AvgIpc) is 2.33. The van der Waals surface area contributed by atoms with Gasteiger partial charge in [0, 0.05) is 5.70 Å². The van der Waals surface area contributed by atoms with Crippen LogP contribution in [0.5, 0.6) is 0 Å². The molecule has 3 heteroatoms. The fourth-order valence-corrected chi connectivity index (χ4v) is 1.00. The van der Waals surface area contributed by atoms with Gasteiger partial charge in [0.25, 0.3) is 11.7 Å². The summed E-state index contributed by atoms with van der Waals surface area (Å²) in [5, 5.41) is 2.44. The van der Waals surface area contributed by atoms with Crippen molar-refractivity contribution in [3.8, 4) is 0 Å². The summed E-state index contributed by atoms with van der Waals surface area (Å²) < 4.78 is 0. The van der Waals surface area contributed by atoms with E-state index in [9.17, 15) is 9.59 Å². The predicted octanol–water partition coefficient (Wildman–Crippen LogP) is 0.702. The SMILES string of the molecule is C=C/C=C1/C(=O)C(=O)N/C1=C/C. The van der Waals surface area contributed by atoms with Crippen LogP contribution in [0, 0.1) is 0 Å². The Balaban J connectivity index is 3.13. The molecule has 0 saturated carbocycles. The lowest BCUT2D eigenvalue weighted by molar-refractivity contribution is -0.133. The number of ketones is 1. The second-order valence-corrected chi connectivity index (χ2v) is 2.30. The summed E-state index contributed by atoms with van der Waals surface area (Å²) in [6.07, 6.45) is 4.69. The second-order valence-electron chi connectivity index (χ2n) is 2.30. The van der Waals surface area contributed by atoms with E-state index in [1.807, 2.05) is 0 Å². The minimum absolute atomic E-state index is 0.387. The van der Waals surface area contributed by atoms with Gasteiger partial charge in [-0.05, 0) is 13.0 Å². The first-order chi connectivity index (χ1) is 5.70. The van der Waals surface area contributed by atoms with Gasteiger partial charge in [-0.2, -0.15) is 0 Å². The van der Waals surface area contributed by atoms with E-state index in [1.165, 1.54) is 12.2 Å². The first-order valence-corrected chi connectivity index (χ1v) is 3.55. The number of carbonyl (C=O) groups is 2. The van der Waals surface area contributed by atoms with Gasteiger partial charge in [-0.1, -0.05) is 18.7 Å². The normalized spacial score (nSPS) is 23.4. The van der Waals surface area contributed by atoms with Crippen molar-refractivity contribution in [3.63, 3.8) is 0 Å². The molecule has 12 heavy (non-hydrogen) atoms. The maximum atomic E-state index is 11.1. The topological polar surface area (TPSA) is 46.2 Å². The van der Waals surface area contributed by atoms with Crippen LogP contribution in [0.15, 0.2) is 36.1 Å². The van der Waals surface area contributed by atoms with Crippen molar-refractivity contribution in [1.82, 2.24) is 5.32 Å². The molecule has 1 rings (SSSR count). The molecule has 1 N–H and O–H groups in total. The molecule has 1 aliphatic rings. The lowest BCUT2D eigenvalue weighted by Gasteiger charge is -1.93. The summed E-state index contributed by atoms with van der Waals surface area (Å²) in [6, 6.07) is 0. The van der Waals surface area contributed by atoms with E-state index in [2.05, 4.69) is 11.9 Å². The summed E-state index contributed by atoms with van der Waals surface area (Å²) in [5.41, 5.74) is 0.947. The molecule has 1 saturated heterocycles. The van der Waals surface area contributed by atoms with Gasteiger partial charge in [0.2, 0.25) is 0 Å². The van der Waals surface area contributed by atoms with Crippen LogP contribution in [0.25, 0.3) is 0 Å². The fourth-order valence-electron chi connectivity index (χ4n) is 1.00. The quantitative estimate of drug-likeness (QED) is 0.457. The Hall–Kier alpha value is -1.64. The molecule has 0 aromatic rings. The maximum Gasteiger partial charge on any atom is 0.296 e. The van der Waals surface area contributed by atoms with Gasteiger partial charge in [0.15, 0.2) is 0 Å². The van der Waals surface area contributed by atoms with Gasteiger partial charge in [0.1, 0.15) is 0 Å². The van der Waals surface area contributed by atoms with Crippen molar-refractivity contribution >= 4 is 11.7 Å². The van der Waals surface area contributed by atoms with Gasteiger partial charge in [-0.25, -0.2) is 0 Å². The van der Waals surface area contributed by atoms with Crippen LogP contribution in [0.3, 0.4) is 0 Å². The zero-order valence-electron chi connectivity index (χ0n) is 6.76. The van der Waals surface area contributed by atoms with Crippen LogP contribution in [0.1, 0.15) is 6.92 Å². The second kappa shape index (κ2) is 3.17. The third-order valence-corrected chi connectivity index (χ3v) is 1.56. The monoisotopic (exact) mass is 163 g/mol. The summed E-state index contributed by atoms with van der Waals surface area (Å²) in [6.45, 7) is 5.21. The van der Waals surface area contributed by atoms with Gasteiger partial charge < -0.3 is 5.32 Å². The number of amides is 1. The molecule has 0 aromatic carbocycles. The van der Waals surface area contributed by atoms with Crippen molar-refractivity contribution in [1.29, 1.82) is 0 Å². The van der Waals surface area contributed by atoms with Crippen molar-refractivity contribution < 1.29 is 9.59 Å². The van der Waals surface area contributed by atoms with E-state index in [0.717, 1.165) is 0 Å². The van der Waals surface area contributed by atoms with E-state index in [1.54, 1.807) is 13.0 Å². The van der Waals surface area contributed by atoms with Gasteiger partial charge in [-0.3, -0.25) is 9.59 Å². The third-order valence-electron chi connectivity index (χ3n) is 1.56. The van der Waals surface area contributed by atoms with Crippen LogP contribution in [-0.2, 0) is 9.59 Å². The Morgan fingerprint density at radius 1 is 1.42 bits per heavy atom. The zero-order chi connectivity index (χ0) is 9.14. The fraction of sp³-hybridized carbons (Fsp3) is 0.111. The molecule has 0 aromatic heterocycles. The van der Waals surface area contributed by atoms with E-state index in [4.69, 9.17) is 0 Å². The van der Waals surface area contributed by atoms with Crippen LogP contribution in [0.4, 0.5) is 0 Å². The van der Waals surface area contributed by atoms with Crippen molar-refractivity contribution in [2.45, 2.75) is 6.92 Å². The largest absolute Gasteiger partial charge is 0.319 e. The van der Waals surface area contributed by atoms with E-state index in [-0.39, 0.29) is 0 Å². The molecular weight excluding hydrogens is 154 g/mol. The molecule has 0 aliphatic carbocycles. The Morgan fingerprint density at radius 3 is 2.58 bits per heavy atom. The molecule has 1 fully saturated rings. The number of carbonyl (C=O) groups excluding carboxylic acids is 2. The molecule has 0 atom stereocenters. The molecule has 1 aliphatic heterocycles. The Kier molecular flexibility index (Phi) is 2.24. The number of hydrogen-bond acceptors (Lipinski definition) is 2. The summed E-state index contributed by atoms with van der Waals surface area (Å²) in [4.78, 5) is 21.9. The van der Waals surface area contributed by atoms with Crippen LogP contribution < -0.4 is 5.32 Å². The Bertz CT molecular complexity index is 310.